The van der Waals surface area contributed by atoms with Crippen molar-refractivity contribution in [3.63, 3.8) is 0 Å². The van der Waals surface area contributed by atoms with Crippen LogP contribution in [0.5, 0.6) is 5.75 Å². The van der Waals surface area contributed by atoms with Crippen LogP contribution in [-0.4, -0.2) is 18.9 Å². The molecule has 2 aromatic rings. The lowest BCUT2D eigenvalue weighted by Crippen LogP contribution is -2.29. The van der Waals surface area contributed by atoms with E-state index in [-0.39, 0.29) is 0 Å². The zero-order valence-corrected chi connectivity index (χ0v) is 14.7. The number of anilines is 2. The molecule has 0 aliphatic rings. The molecule has 2 aromatic carbocycles. The lowest BCUT2D eigenvalue weighted by atomic mass is 10.1. The summed E-state index contributed by atoms with van der Waals surface area (Å²) >= 11 is 6.00. The molecule has 0 saturated heterocycles. The first-order valence-corrected chi connectivity index (χ1v) is 7.73. The van der Waals surface area contributed by atoms with Crippen molar-refractivity contribution in [2.45, 2.75) is 20.8 Å². The van der Waals surface area contributed by atoms with Gasteiger partial charge in [-0.15, -0.1) is 0 Å². The van der Waals surface area contributed by atoms with Crippen LogP contribution in [0, 0.1) is 20.8 Å². The summed E-state index contributed by atoms with van der Waals surface area (Å²) in [5, 5.41) is 5.52. The molecule has 0 aliphatic carbocycles. The number of hydrogen-bond donors (Lipinski definition) is 2. The molecule has 0 saturated carbocycles. The third kappa shape index (κ3) is 4.06. The summed E-state index contributed by atoms with van der Waals surface area (Å²) in [6.45, 7) is 5.75. The highest BCUT2D eigenvalue weighted by Crippen LogP contribution is 2.27. The molecule has 0 bridgehead atoms. The Labute approximate surface area is 146 Å². The van der Waals surface area contributed by atoms with Crippen molar-refractivity contribution in [1.82, 2.24) is 0 Å². The molecule has 0 heterocycles. The van der Waals surface area contributed by atoms with Crippen molar-refractivity contribution < 1.29 is 14.3 Å². The molecule has 0 atom stereocenters. The second-order valence-electron chi connectivity index (χ2n) is 5.53. The second kappa shape index (κ2) is 7.36. The Hall–Kier alpha value is -2.53. The van der Waals surface area contributed by atoms with Crippen molar-refractivity contribution in [3.05, 3.63) is 52.0 Å². The topological polar surface area (TPSA) is 67.4 Å². The van der Waals surface area contributed by atoms with E-state index in [1.165, 1.54) is 13.2 Å². The molecule has 2 rings (SSSR count). The Balaban J connectivity index is 2.11. The summed E-state index contributed by atoms with van der Waals surface area (Å²) in [5.41, 5.74) is 3.97. The van der Waals surface area contributed by atoms with E-state index in [0.29, 0.717) is 22.1 Å². The molecule has 0 unspecified atom stereocenters. The number of carbonyl (C=O) groups excluding carboxylic acids is 2. The van der Waals surface area contributed by atoms with Gasteiger partial charge in [-0.2, -0.15) is 0 Å². The fourth-order valence-electron chi connectivity index (χ4n) is 2.48. The summed E-state index contributed by atoms with van der Waals surface area (Å²) < 4.78 is 5.04. The van der Waals surface area contributed by atoms with Crippen molar-refractivity contribution in [1.29, 1.82) is 0 Å². The van der Waals surface area contributed by atoms with Crippen molar-refractivity contribution in [2.75, 3.05) is 17.7 Å². The monoisotopic (exact) mass is 346 g/mol. The van der Waals surface area contributed by atoms with E-state index in [0.717, 1.165) is 16.7 Å². The highest BCUT2D eigenvalue weighted by molar-refractivity contribution is 6.44. The quantitative estimate of drug-likeness (QED) is 0.829. The minimum absolute atomic E-state index is 0.348. The zero-order chi connectivity index (χ0) is 17.9. The van der Waals surface area contributed by atoms with Crippen LogP contribution in [0.15, 0.2) is 30.3 Å². The van der Waals surface area contributed by atoms with Gasteiger partial charge in [0.25, 0.3) is 0 Å². The molecule has 0 fully saturated rings. The summed E-state index contributed by atoms with van der Waals surface area (Å²) in [7, 11) is 1.50. The van der Waals surface area contributed by atoms with Crippen LogP contribution < -0.4 is 15.4 Å². The van der Waals surface area contributed by atoms with E-state index in [1.807, 2.05) is 32.9 Å². The molecule has 5 nitrogen and oxygen atoms in total. The van der Waals surface area contributed by atoms with Crippen molar-refractivity contribution in [3.8, 4) is 5.75 Å². The molecular weight excluding hydrogens is 328 g/mol. The summed E-state index contributed by atoms with van der Waals surface area (Å²) in [4.78, 5) is 24.2. The van der Waals surface area contributed by atoms with Crippen LogP contribution in [0.4, 0.5) is 11.4 Å². The smallest absolute Gasteiger partial charge is 0.314 e. The van der Waals surface area contributed by atoms with Crippen LogP contribution in [0.3, 0.4) is 0 Å². The molecule has 2 N–H and O–H groups in total. The normalized spacial score (nSPS) is 10.2. The van der Waals surface area contributed by atoms with Gasteiger partial charge in [0.15, 0.2) is 0 Å². The molecule has 2 amide bonds. The van der Waals surface area contributed by atoms with Gasteiger partial charge in [-0.3, -0.25) is 9.59 Å². The van der Waals surface area contributed by atoms with Gasteiger partial charge in [0.1, 0.15) is 5.75 Å². The number of carbonyl (C=O) groups is 2. The highest BCUT2D eigenvalue weighted by atomic mass is 35.5. The second-order valence-corrected chi connectivity index (χ2v) is 5.94. The maximum Gasteiger partial charge on any atom is 0.314 e. The maximum atomic E-state index is 12.1. The van der Waals surface area contributed by atoms with Gasteiger partial charge >= 0.3 is 11.8 Å². The molecule has 6 heteroatoms. The number of benzene rings is 2. The van der Waals surface area contributed by atoms with E-state index >= 15 is 0 Å². The van der Waals surface area contributed by atoms with Gasteiger partial charge in [-0.05, 0) is 50.1 Å². The predicted molar refractivity (Wildman–Crippen MR) is 95.9 cm³/mol. The van der Waals surface area contributed by atoms with E-state index in [9.17, 15) is 9.59 Å². The Morgan fingerprint density at radius 1 is 0.958 bits per heavy atom. The van der Waals surface area contributed by atoms with E-state index in [1.54, 1.807) is 12.1 Å². The Kier molecular flexibility index (Phi) is 5.46. The van der Waals surface area contributed by atoms with Crippen LogP contribution >= 0.6 is 11.6 Å². The first-order chi connectivity index (χ1) is 11.3. The fraction of sp³-hybridized carbons (Fsp3) is 0.222. The largest absolute Gasteiger partial charge is 0.495 e. The number of rotatable bonds is 3. The van der Waals surface area contributed by atoms with Crippen LogP contribution in [-0.2, 0) is 9.59 Å². The average Bonchev–Trinajstić information content (AvgIpc) is 2.50. The first-order valence-electron chi connectivity index (χ1n) is 7.35. The number of nitrogens with one attached hydrogen (secondary N) is 2. The summed E-state index contributed by atoms with van der Waals surface area (Å²) in [6.07, 6.45) is 0. The number of hydrogen-bond acceptors (Lipinski definition) is 3. The Morgan fingerprint density at radius 2 is 1.54 bits per heavy atom. The van der Waals surface area contributed by atoms with Crippen LogP contribution in [0.1, 0.15) is 16.7 Å². The number of ether oxygens (including phenoxy) is 1. The molecule has 0 radical (unpaired) electrons. The minimum atomic E-state index is -0.768. The van der Waals surface area contributed by atoms with E-state index in [4.69, 9.17) is 16.3 Å². The number of amides is 2. The van der Waals surface area contributed by atoms with E-state index in [2.05, 4.69) is 10.6 Å². The Bertz CT molecular complexity index is 780. The molecular formula is C18H19ClN2O3. The Morgan fingerprint density at radius 3 is 2.08 bits per heavy atom. The molecule has 24 heavy (non-hydrogen) atoms. The van der Waals surface area contributed by atoms with Gasteiger partial charge in [-0.1, -0.05) is 29.3 Å². The van der Waals surface area contributed by atoms with Gasteiger partial charge in [0, 0.05) is 11.4 Å². The van der Waals surface area contributed by atoms with E-state index < -0.39 is 11.8 Å². The van der Waals surface area contributed by atoms with Gasteiger partial charge in [-0.25, -0.2) is 0 Å². The fourth-order valence-corrected chi connectivity index (χ4v) is 2.74. The predicted octanol–water partition coefficient (Wildman–Crippen LogP) is 3.85. The molecule has 0 spiro atoms. The summed E-state index contributed by atoms with van der Waals surface area (Å²) in [5.74, 6) is -1.02. The number of halogens is 1. The summed E-state index contributed by atoms with van der Waals surface area (Å²) in [6, 6.07) is 8.64. The molecule has 0 aromatic heterocycles. The van der Waals surface area contributed by atoms with Gasteiger partial charge in [0.05, 0.1) is 12.1 Å². The van der Waals surface area contributed by atoms with Crippen LogP contribution in [0.25, 0.3) is 0 Å². The number of methoxy groups -OCH3 is 1. The van der Waals surface area contributed by atoms with Crippen molar-refractivity contribution >= 4 is 34.8 Å². The lowest BCUT2D eigenvalue weighted by molar-refractivity contribution is -0.133. The highest BCUT2D eigenvalue weighted by Gasteiger charge is 2.17. The average molecular weight is 347 g/mol. The number of aryl methyl sites for hydroxylation is 3. The van der Waals surface area contributed by atoms with Gasteiger partial charge in [0.2, 0.25) is 0 Å². The third-order valence-corrected chi connectivity index (χ3v) is 3.83. The third-order valence-electron chi connectivity index (χ3n) is 3.53. The first kappa shape index (κ1) is 17.8. The maximum absolute atomic E-state index is 12.1. The standard InChI is InChI=1S/C18H19ClN2O3/c1-10-7-11(2)16(12(3)8-10)21-18(23)17(22)20-13-5-6-15(24-4)14(19)9-13/h5-9H,1-4H3,(H,20,22)(H,21,23). The minimum Gasteiger partial charge on any atom is -0.495 e. The SMILES string of the molecule is COc1ccc(NC(=O)C(=O)Nc2c(C)cc(C)cc2C)cc1Cl. The van der Waals surface area contributed by atoms with Crippen molar-refractivity contribution in [2.24, 2.45) is 0 Å². The lowest BCUT2D eigenvalue weighted by Gasteiger charge is -2.13. The van der Waals surface area contributed by atoms with Crippen LogP contribution in [0.2, 0.25) is 5.02 Å². The van der Waals surface area contributed by atoms with Gasteiger partial charge < -0.3 is 15.4 Å². The zero-order valence-electron chi connectivity index (χ0n) is 14.0. The molecule has 0 aliphatic heterocycles. The molecule has 126 valence electrons.